The summed E-state index contributed by atoms with van der Waals surface area (Å²) in [7, 11) is 1.43. The van der Waals surface area contributed by atoms with Crippen molar-refractivity contribution in [3.63, 3.8) is 0 Å². The molecule has 0 aromatic carbocycles. The first-order chi connectivity index (χ1) is 37.0. The molecule has 2 atom stereocenters. The number of allylic oxidation sites excluding steroid dienone is 24. The molecule has 1 N–H and O–H groups in total. The van der Waals surface area contributed by atoms with E-state index in [0.29, 0.717) is 17.4 Å². The van der Waals surface area contributed by atoms with Gasteiger partial charge in [0.15, 0.2) is 6.10 Å². The number of quaternary nitrogens is 1. The first-order valence-corrected chi connectivity index (χ1v) is 31.1. The van der Waals surface area contributed by atoms with Gasteiger partial charge in [-0.2, -0.15) is 0 Å². The van der Waals surface area contributed by atoms with Crippen molar-refractivity contribution >= 4 is 19.8 Å². The SMILES string of the molecule is CC/C=C\C/C=C\C/C=C\C/C=C\C/C=C\C/C=C\C/C=C\C/C=C\C/C=C\C/C=C\CCCCCCC(=O)OC(COC(=O)CCCCCCCCC/C=C\C/C=C\CCCCC)COP(=O)(O)OCC[N+](C)(C)C. The molecular weight excluding hydrogens is 966 g/mol. The molecule has 0 fully saturated rings. The van der Waals surface area contributed by atoms with E-state index >= 15 is 0 Å². The van der Waals surface area contributed by atoms with Crippen molar-refractivity contribution in [3.8, 4) is 0 Å². The molecule has 9 nitrogen and oxygen atoms in total. The number of hydrogen-bond acceptors (Lipinski definition) is 7. The summed E-state index contributed by atoms with van der Waals surface area (Å²) in [4.78, 5) is 35.7. The molecule has 0 saturated heterocycles. The van der Waals surface area contributed by atoms with Crippen LogP contribution in [0.2, 0.25) is 0 Å². The Morgan fingerprint density at radius 3 is 1.12 bits per heavy atom. The van der Waals surface area contributed by atoms with Crippen LogP contribution in [0.25, 0.3) is 0 Å². The van der Waals surface area contributed by atoms with Crippen LogP contribution in [0.3, 0.4) is 0 Å². The van der Waals surface area contributed by atoms with E-state index in [1.165, 1.54) is 44.9 Å². The number of hydrogen-bond donors (Lipinski definition) is 1. The third-order valence-electron chi connectivity index (χ3n) is 11.9. The molecule has 0 aliphatic rings. The highest BCUT2D eigenvalue weighted by molar-refractivity contribution is 7.47. The topological polar surface area (TPSA) is 108 Å². The second-order valence-corrected chi connectivity index (χ2v) is 21.7. The summed E-state index contributed by atoms with van der Waals surface area (Å²) >= 11 is 0. The lowest BCUT2D eigenvalue weighted by Gasteiger charge is -2.24. The highest BCUT2D eigenvalue weighted by Crippen LogP contribution is 2.43. The largest absolute Gasteiger partial charge is 0.472 e. The van der Waals surface area contributed by atoms with Gasteiger partial charge >= 0.3 is 19.8 Å². The number of unbranched alkanes of at least 4 members (excludes halogenated alkanes) is 14. The predicted molar refractivity (Wildman–Crippen MR) is 325 cm³/mol. The molecule has 430 valence electrons. The summed E-state index contributed by atoms with van der Waals surface area (Å²) in [6, 6.07) is 0. The lowest BCUT2D eigenvalue weighted by Crippen LogP contribution is -2.37. The van der Waals surface area contributed by atoms with E-state index in [-0.39, 0.29) is 32.0 Å². The first-order valence-electron chi connectivity index (χ1n) is 29.6. The third-order valence-corrected chi connectivity index (χ3v) is 12.8. The number of phosphoric acid groups is 1. The Kier molecular flexibility index (Phi) is 52.6. The van der Waals surface area contributed by atoms with E-state index in [4.69, 9.17) is 18.5 Å². The maximum absolute atomic E-state index is 12.8. The van der Waals surface area contributed by atoms with Gasteiger partial charge in [-0.15, -0.1) is 0 Å². The van der Waals surface area contributed by atoms with Crippen LogP contribution in [0.4, 0.5) is 0 Å². The molecule has 0 amide bonds. The van der Waals surface area contributed by atoms with Crippen molar-refractivity contribution in [2.45, 2.75) is 213 Å². The molecule has 0 aliphatic carbocycles. The van der Waals surface area contributed by atoms with Gasteiger partial charge in [0.05, 0.1) is 27.7 Å². The molecule has 0 aromatic heterocycles. The lowest BCUT2D eigenvalue weighted by atomic mass is 10.1. The quantitative estimate of drug-likeness (QED) is 0.0211. The van der Waals surface area contributed by atoms with E-state index in [1.807, 2.05) is 21.1 Å². The van der Waals surface area contributed by atoms with Gasteiger partial charge in [0.2, 0.25) is 0 Å². The number of rotatable bonds is 52. The summed E-state index contributed by atoms with van der Waals surface area (Å²) in [5, 5.41) is 0. The summed E-state index contributed by atoms with van der Waals surface area (Å²) in [6.45, 7) is 4.23. The summed E-state index contributed by atoms with van der Waals surface area (Å²) in [6.07, 6.45) is 82.0. The van der Waals surface area contributed by atoms with E-state index in [1.54, 1.807) is 0 Å². The maximum atomic E-state index is 12.8. The Bertz CT molecular complexity index is 1790. The zero-order chi connectivity index (χ0) is 55.6. The molecule has 76 heavy (non-hydrogen) atoms. The average molecular weight is 1080 g/mol. The van der Waals surface area contributed by atoms with Gasteiger partial charge in [-0.05, 0) is 122 Å². The minimum absolute atomic E-state index is 0.0167. The average Bonchev–Trinajstić information content (AvgIpc) is 3.38. The zero-order valence-electron chi connectivity index (χ0n) is 48.7. The van der Waals surface area contributed by atoms with Crippen LogP contribution < -0.4 is 0 Å². The van der Waals surface area contributed by atoms with Crippen molar-refractivity contribution in [2.24, 2.45) is 0 Å². The molecule has 10 heteroatoms. The zero-order valence-corrected chi connectivity index (χ0v) is 49.6. The number of carbonyl (C=O) groups is 2. The van der Waals surface area contributed by atoms with Crippen molar-refractivity contribution < 1.29 is 42.1 Å². The van der Waals surface area contributed by atoms with Crippen molar-refractivity contribution in [3.05, 3.63) is 146 Å². The normalized spacial score (nSPS) is 14.3. The van der Waals surface area contributed by atoms with Crippen LogP contribution in [0.1, 0.15) is 206 Å². The molecule has 0 bridgehead atoms. The van der Waals surface area contributed by atoms with E-state index in [0.717, 1.165) is 128 Å². The van der Waals surface area contributed by atoms with E-state index < -0.39 is 26.5 Å². The number of ether oxygens (including phenoxy) is 2. The Morgan fingerprint density at radius 1 is 0.421 bits per heavy atom. The van der Waals surface area contributed by atoms with Crippen LogP contribution in [0.5, 0.6) is 0 Å². The predicted octanol–water partition coefficient (Wildman–Crippen LogP) is 18.7. The summed E-state index contributed by atoms with van der Waals surface area (Å²) in [5.41, 5.74) is 0. The summed E-state index contributed by atoms with van der Waals surface area (Å²) in [5.74, 6) is -0.847. The molecule has 0 saturated carbocycles. The Hall–Kier alpha value is -4.11. The fourth-order valence-corrected chi connectivity index (χ4v) is 8.05. The first kappa shape index (κ1) is 71.9. The maximum Gasteiger partial charge on any atom is 0.472 e. The number of carbonyl (C=O) groups excluding carboxylic acids is 2. The summed E-state index contributed by atoms with van der Waals surface area (Å²) < 4.78 is 34.5. The standard InChI is InChI=1S/C66H108NO8P/c1-6-8-10-12-14-16-18-20-22-24-25-26-27-28-29-30-31-32-33-34-35-36-37-38-39-40-41-43-45-47-49-51-53-55-57-59-66(69)75-64(63-74-76(70,71)73-61-60-67(3,4)5)62-72-65(68)58-56-54-52-50-48-46-44-42-23-21-19-17-15-13-11-9-7-2/h8,10,14-17,20-23,25-26,28-29,31-32,34-35,37-38,40-41,45,47,64H,6-7,9,11-13,18-19,24,27,30,33,36,39,42-44,46,48-63H2,1-5H3/p+1/b10-8-,16-14-,17-15-,22-20-,23-21-,26-25-,29-28-,32-31-,35-34-,38-37-,41-40-,47-45-. The second-order valence-electron chi connectivity index (χ2n) is 20.3. The third kappa shape index (κ3) is 59.1. The molecule has 2 unspecified atom stereocenters. The van der Waals surface area contributed by atoms with Gasteiger partial charge in [0.25, 0.3) is 0 Å². The van der Waals surface area contributed by atoms with E-state index in [9.17, 15) is 19.0 Å². The highest BCUT2D eigenvalue weighted by Gasteiger charge is 2.27. The molecule has 0 radical (unpaired) electrons. The van der Waals surface area contributed by atoms with Gasteiger partial charge in [0.1, 0.15) is 19.8 Å². The number of phosphoric ester groups is 1. The molecule has 0 heterocycles. The smallest absolute Gasteiger partial charge is 0.462 e. The van der Waals surface area contributed by atoms with Crippen LogP contribution in [-0.2, 0) is 32.7 Å². The van der Waals surface area contributed by atoms with Crippen LogP contribution in [-0.4, -0.2) is 74.9 Å². The van der Waals surface area contributed by atoms with Crippen LogP contribution >= 0.6 is 7.82 Å². The number of likely N-dealkylation sites (N-methyl/N-ethyl adjacent to an activating group) is 1. The number of esters is 2. The molecule has 0 aromatic rings. The van der Waals surface area contributed by atoms with Gasteiger partial charge in [-0.3, -0.25) is 18.6 Å². The second kappa shape index (κ2) is 55.6. The molecule has 0 spiro atoms. The van der Waals surface area contributed by atoms with Crippen molar-refractivity contribution in [1.29, 1.82) is 0 Å². The van der Waals surface area contributed by atoms with Crippen LogP contribution in [0.15, 0.2) is 146 Å². The molecular formula is C66H109NO8P+. The number of nitrogens with zero attached hydrogens (tertiary/aromatic N) is 1. The van der Waals surface area contributed by atoms with Crippen molar-refractivity contribution in [1.82, 2.24) is 0 Å². The van der Waals surface area contributed by atoms with Crippen molar-refractivity contribution in [2.75, 3.05) is 47.5 Å². The van der Waals surface area contributed by atoms with E-state index in [2.05, 4.69) is 160 Å². The molecule has 0 rings (SSSR count). The Morgan fingerprint density at radius 2 is 0.750 bits per heavy atom. The van der Waals surface area contributed by atoms with Crippen LogP contribution in [0, 0.1) is 0 Å². The monoisotopic (exact) mass is 1070 g/mol. The van der Waals surface area contributed by atoms with Gasteiger partial charge in [-0.1, -0.05) is 217 Å². The van der Waals surface area contributed by atoms with Gasteiger partial charge in [-0.25, -0.2) is 4.57 Å². The minimum atomic E-state index is -4.41. The minimum Gasteiger partial charge on any atom is -0.462 e. The Balaban J connectivity index is 4.26. The fraction of sp³-hybridized carbons (Fsp3) is 0.606. The highest BCUT2D eigenvalue weighted by atomic mass is 31.2. The lowest BCUT2D eigenvalue weighted by molar-refractivity contribution is -0.870. The fourth-order valence-electron chi connectivity index (χ4n) is 7.31. The Labute approximate surface area is 465 Å². The van der Waals surface area contributed by atoms with Gasteiger partial charge in [0, 0.05) is 12.8 Å². The molecule has 0 aliphatic heterocycles. The van der Waals surface area contributed by atoms with Gasteiger partial charge < -0.3 is 18.9 Å².